The highest BCUT2D eigenvalue weighted by Gasteiger charge is 1.99. The normalized spacial score (nSPS) is 11.7. The van der Waals surface area contributed by atoms with Crippen LogP contribution in [0.15, 0.2) is 73.0 Å². The summed E-state index contributed by atoms with van der Waals surface area (Å²) in [5.41, 5.74) is 3.12. The van der Waals surface area contributed by atoms with E-state index in [-0.39, 0.29) is 0 Å². The van der Waals surface area contributed by atoms with Crippen molar-refractivity contribution in [1.82, 2.24) is 10.3 Å². The molecule has 1 aromatic rings. The van der Waals surface area contributed by atoms with E-state index in [1.807, 2.05) is 37.3 Å². The van der Waals surface area contributed by atoms with Gasteiger partial charge < -0.3 is 5.32 Å². The number of nitrogens with one attached hydrogen (secondary N) is 1. The average molecular weight is 240 g/mol. The van der Waals surface area contributed by atoms with Crippen molar-refractivity contribution in [3.63, 3.8) is 0 Å². The lowest BCUT2D eigenvalue weighted by atomic mass is 10.1. The molecule has 1 N–H and O–H groups in total. The predicted molar refractivity (Wildman–Crippen MR) is 78.2 cm³/mol. The molecule has 0 spiro atoms. The van der Waals surface area contributed by atoms with Crippen molar-refractivity contribution < 1.29 is 0 Å². The summed E-state index contributed by atoms with van der Waals surface area (Å²) < 4.78 is 0. The number of aromatic nitrogens is 1. The quantitative estimate of drug-likeness (QED) is 0.739. The molecule has 0 aromatic carbocycles. The molecule has 0 radical (unpaired) electrons. The lowest BCUT2D eigenvalue weighted by molar-refractivity contribution is 0.727. The molecule has 0 saturated heterocycles. The van der Waals surface area contributed by atoms with E-state index in [0.717, 1.165) is 29.9 Å². The standard InChI is InChI=1S/C16H20N2/c1-4-6-9-15(14(3)5-2)12-17-13-16-10-7-8-11-18-16/h4-11,17H,2-3,12-13H2,1H3/b6-4-,15-9-. The van der Waals surface area contributed by atoms with Gasteiger partial charge in [-0.15, -0.1) is 0 Å². The average Bonchev–Trinajstić information content (AvgIpc) is 2.43. The molecule has 0 atom stereocenters. The molecular weight excluding hydrogens is 220 g/mol. The van der Waals surface area contributed by atoms with Crippen molar-refractivity contribution in [2.24, 2.45) is 0 Å². The molecule has 1 heterocycles. The van der Waals surface area contributed by atoms with Gasteiger partial charge in [0.2, 0.25) is 0 Å². The maximum absolute atomic E-state index is 4.26. The van der Waals surface area contributed by atoms with E-state index in [1.165, 1.54) is 0 Å². The third-order valence-corrected chi connectivity index (χ3v) is 2.50. The van der Waals surface area contributed by atoms with Crippen LogP contribution >= 0.6 is 0 Å². The van der Waals surface area contributed by atoms with Gasteiger partial charge in [-0.1, -0.05) is 43.5 Å². The van der Waals surface area contributed by atoms with Crippen molar-refractivity contribution in [1.29, 1.82) is 0 Å². The zero-order valence-electron chi connectivity index (χ0n) is 10.9. The summed E-state index contributed by atoms with van der Waals surface area (Å²) in [5, 5.41) is 3.35. The van der Waals surface area contributed by atoms with E-state index in [2.05, 4.69) is 29.5 Å². The van der Waals surface area contributed by atoms with E-state index >= 15 is 0 Å². The van der Waals surface area contributed by atoms with Gasteiger partial charge in [-0.3, -0.25) is 4.98 Å². The Kier molecular flexibility index (Phi) is 6.44. The van der Waals surface area contributed by atoms with Crippen molar-refractivity contribution >= 4 is 0 Å². The fourth-order valence-corrected chi connectivity index (χ4v) is 1.45. The Morgan fingerprint density at radius 2 is 2.28 bits per heavy atom. The van der Waals surface area contributed by atoms with Gasteiger partial charge in [0.05, 0.1) is 5.69 Å². The fourth-order valence-electron chi connectivity index (χ4n) is 1.45. The van der Waals surface area contributed by atoms with Crippen LogP contribution < -0.4 is 5.32 Å². The first-order valence-electron chi connectivity index (χ1n) is 6.02. The molecule has 94 valence electrons. The molecule has 0 aliphatic rings. The van der Waals surface area contributed by atoms with Gasteiger partial charge in [0.15, 0.2) is 0 Å². The first kappa shape index (κ1) is 14.1. The zero-order valence-corrected chi connectivity index (χ0v) is 10.9. The highest BCUT2D eigenvalue weighted by molar-refractivity contribution is 5.39. The molecule has 0 unspecified atom stereocenters. The SMILES string of the molecule is C=CC(=C)/C(=C\C=C/C)CNCc1ccccn1. The third kappa shape index (κ3) is 4.93. The van der Waals surface area contributed by atoms with Gasteiger partial charge >= 0.3 is 0 Å². The van der Waals surface area contributed by atoms with Crippen LogP contribution in [0.1, 0.15) is 12.6 Å². The summed E-state index contributed by atoms with van der Waals surface area (Å²) >= 11 is 0. The highest BCUT2D eigenvalue weighted by Crippen LogP contribution is 2.08. The third-order valence-electron chi connectivity index (χ3n) is 2.50. The lowest BCUT2D eigenvalue weighted by Gasteiger charge is -2.08. The molecule has 18 heavy (non-hydrogen) atoms. The van der Waals surface area contributed by atoms with Crippen LogP contribution in [0.4, 0.5) is 0 Å². The van der Waals surface area contributed by atoms with Crippen molar-refractivity contribution in [2.75, 3.05) is 6.54 Å². The van der Waals surface area contributed by atoms with E-state index in [1.54, 1.807) is 12.3 Å². The lowest BCUT2D eigenvalue weighted by Crippen LogP contribution is -2.17. The minimum absolute atomic E-state index is 0.748. The molecular formula is C16H20N2. The maximum Gasteiger partial charge on any atom is 0.0541 e. The Bertz CT molecular complexity index is 441. The largest absolute Gasteiger partial charge is 0.307 e. The summed E-state index contributed by atoms with van der Waals surface area (Å²) in [5.74, 6) is 0. The molecule has 0 bridgehead atoms. The predicted octanol–water partition coefficient (Wildman–Crippen LogP) is 3.42. The fraction of sp³-hybridized carbons (Fsp3) is 0.188. The van der Waals surface area contributed by atoms with Crippen molar-refractivity contribution in [2.45, 2.75) is 13.5 Å². The molecule has 0 aliphatic carbocycles. The number of rotatable bonds is 7. The summed E-state index contributed by atoms with van der Waals surface area (Å²) in [6.45, 7) is 11.2. The van der Waals surface area contributed by atoms with Crippen molar-refractivity contribution in [3.05, 3.63) is 78.7 Å². The van der Waals surface area contributed by atoms with Gasteiger partial charge in [0.1, 0.15) is 0 Å². The summed E-state index contributed by atoms with van der Waals surface area (Å²) in [6, 6.07) is 5.91. The highest BCUT2D eigenvalue weighted by atomic mass is 14.9. The summed E-state index contributed by atoms with van der Waals surface area (Å²) in [7, 11) is 0. The Morgan fingerprint density at radius 3 is 2.89 bits per heavy atom. The summed E-state index contributed by atoms with van der Waals surface area (Å²) in [6.07, 6.45) is 9.63. The second kappa shape index (κ2) is 8.20. The Hall–Kier alpha value is -1.93. The number of pyridine rings is 1. The molecule has 0 fully saturated rings. The Balaban J connectivity index is 2.53. The van der Waals surface area contributed by atoms with Crippen LogP contribution in [0.5, 0.6) is 0 Å². The van der Waals surface area contributed by atoms with E-state index in [9.17, 15) is 0 Å². The first-order valence-corrected chi connectivity index (χ1v) is 6.02. The molecule has 0 amide bonds. The van der Waals surface area contributed by atoms with Crippen LogP contribution in [0.2, 0.25) is 0 Å². The topological polar surface area (TPSA) is 24.9 Å². The second-order valence-electron chi connectivity index (χ2n) is 3.87. The Labute approximate surface area is 109 Å². The molecule has 0 aliphatic heterocycles. The smallest absolute Gasteiger partial charge is 0.0541 e. The number of hydrogen-bond donors (Lipinski definition) is 1. The van der Waals surface area contributed by atoms with Crippen LogP contribution in [-0.4, -0.2) is 11.5 Å². The number of hydrogen-bond acceptors (Lipinski definition) is 2. The minimum atomic E-state index is 0.748. The van der Waals surface area contributed by atoms with Crippen LogP contribution in [-0.2, 0) is 6.54 Å². The molecule has 0 saturated carbocycles. The van der Waals surface area contributed by atoms with Crippen LogP contribution in [0.3, 0.4) is 0 Å². The van der Waals surface area contributed by atoms with E-state index in [0.29, 0.717) is 0 Å². The van der Waals surface area contributed by atoms with E-state index in [4.69, 9.17) is 0 Å². The minimum Gasteiger partial charge on any atom is -0.307 e. The van der Waals surface area contributed by atoms with Crippen LogP contribution in [0, 0.1) is 0 Å². The molecule has 1 rings (SSSR count). The van der Waals surface area contributed by atoms with Gasteiger partial charge in [-0.25, -0.2) is 0 Å². The van der Waals surface area contributed by atoms with Crippen LogP contribution in [0.25, 0.3) is 0 Å². The Morgan fingerprint density at radius 1 is 1.44 bits per heavy atom. The van der Waals surface area contributed by atoms with Gasteiger partial charge in [-0.2, -0.15) is 0 Å². The van der Waals surface area contributed by atoms with Crippen molar-refractivity contribution in [3.8, 4) is 0 Å². The van der Waals surface area contributed by atoms with Gasteiger partial charge in [-0.05, 0) is 30.2 Å². The van der Waals surface area contributed by atoms with Gasteiger partial charge in [0.25, 0.3) is 0 Å². The number of allylic oxidation sites excluding steroid dienone is 4. The second-order valence-corrected chi connectivity index (χ2v) is 3.87. The molecule has 2 heteroatoms. The van der Waals surface area contributed by atoms with Gasteiger partial charge in [0, 0.05) is 19.3 Å². The monoisotopic (exact) mass is 240 g/mol. The molecule has 2 nitrogen and oxygen atoms in total. The maximum atomic E-state index is 4.26. The summed E-state index contributed by atoms with van der Waals surface area (Å²) in [4.78, 5) is 4.26. The molecule has 1 aromatic heterocycles. The number of nitrogens with zero attached hydrogens (tertiary/aromatic N) is 1. The zero-order chi connectivity index (χ0) is 13.2. The van der Waals surface area contributed by atoms with E-state index < -0.39 is 0 Å². The first-order chi connectivity index (χ1) is 8.77.